The van der Waals surface area contributed by atoms with Crippen LogP contribution in [-0.4, -0.2) is 18.7 Å². The number of imidazole rings is 1. The Morgan fingerprint density at radius 1 is 0.400 bits per heavy atom. The normalized spacial score (nSPS) is 13.4. The standard InChI is InChI=1S/C79H64N4O.Pt/c1-76(2,3)52-40-51(41-53(42-52)77(4,5)6)63-44-54(78(7,8)9)43-62(50-24-11-10-12-25-50)75(63)82-49-81(70-34-19-20-35-71(70)82)55-26-23-27-56(45-55)84-57-37-38-61-65-47-64-60-30-15-18-33-68(60)79(66-31-16-13-28-58(66)59-29-14-17-32-67(59)79)69(64)48-73(65)83(72(61)46-57)74-36-21-22-39-80-74;/h10-44,47-48H,1-9H3;/q-2;. The van der Waals surface area contributed by atoms with E-state index in [1.807, 2.05) is 24.4 Å². The van der Waals surface area contributed by atoms with Crippen molar-refractivity contribution >= 4 is 32.8 Å². The SMILES string of the molecule is CC(C)(C)c1cc(-c2cc(C(C)(C)C)cc(-c3ccccc3)c2-n2[c](=[Pt])n(-c3[c-]c(Oc4[c-]c5c(cc4)c4cc6c(cc4n5-c4ccccn4)C4(c5ccccc5-c5ccccc54)c4ccccc4-6)ccc3)c3ccccc32)cc(C(C)(C)C)c1. The number of hydrogen-bond acceptors (Lipinski definition) is 2. The third-order valence-electron chi connectivity index (χ3n) is 17.8. The summed E-state index contributed by atoms with van der Waals surface area (Å²) in [4.78, 5) is 5.01. The van der Waals surface area contributed by atoms with Crippen LogP contribution in [0.5, 0.6) is 11.5 Å². The number of aromatic nitrogens is 4. The van der Waals surface area contributed by atoms with Crippen LogP contribution in [0.3, 0.4) is 0 Å². The van der Waals surface area contributed by atoms with Crippen molar-refractivity contribution in [3.05, 3.63) is 279 Å². The molecule has 1 spiro atoms. The third kappa shape index (κ3) is 8.29. The number of nitrogens with zero attached hydrogens (tertiary/aromatic N) is 4. The summed E-state index contributed by atoms with van der Waals surface area (Å²) >= 11 is 2.55. The van der Waals surface area contributed by atoms with Crippen molar-refractivity contribution in [3.8, 4) is 73.2 Å². The number of hydrogen-bond donors (Lipinski definition) is 0. The molecule has 2 aliphatic carbocycles. The average Bonchev–Trinajstić information content (AvgIpc) is 1.60. The van der Waals surface area contributed by atoms with E-state index in [0.29, 0.717) is 11.5 Å². The summed E-state index contributed by atoms with van der Waals surface area (Å²) in [7, 11) is 0. The molecule has 0 unspecified atom stereocenters. The predicted molar refractivity (Wildman–Crippen MR) is 345 cm³/mol. The van der Waals surface area contributed by atoms with Crippen LogP contribution in [0.25, 0.3) is 94.5 Å². The molecule has 0 aliphatic heterocycles. The van der Waals surface area contributed by atoms with E-state index in [1.54, 1.807) is 0 Å². The van der Waals surface area contributed by atoms with Crippen molar-refractivity contribution in [2.24, 2.45) is 0 Å². The molecule has 5 nitrogen and oxygen atoms in total. The molecule has 418 valence electrons. The first-order valence-corrected chi connectivity index (χ1v) is 30.7. The maximum atomic E-state index is 6.97. The van der Waals surface area contributed by atoms with Crippen molar-refractivity contribution in [2.45, 2.75) is 84.0 Å². The molecule has 13 aromatic rings. The van der Waals surface area contributed by atoms with Crippen LogP contribution < -0.4 is 4.74 Å². The molecule has 0 saturated carbocycles. The first kappa shape index (κ1) is 52.9. The molecule has 3 heterocycles. The molecule has 0 radical (unpaired) electrons. The van der Waals surface area contributed by atoms with E-state index in [2.05, 4.69) is 308 Å². The minimum atomic E-state index is -0.489. The van der Waals surface area contributed by atoms with Gasteiger partial charge in [-0.2, -0.15) is 0 Å². The van der Waals surface area contributed by atoms with Gasteiger partial charge < -0.3 is 0 Å². The van der Waals surface area contributed by atoms with Crippen LogP contribution in [0.4, 0.5) is 0 Å². The number of para-hydroxylation sites is 2. The van der Waals surface area contributed by atoms with Crippen molar-refractivity contribution in [1.82, 2.24) is 18.7 Å². The number of pyridine rings is 1. The van der Waals surface area contributed by atoms with Gasteiger partial charge in [0.05, 0.1) is 5.41 Å². The van der Waals surface area contributed by atoms with Crippen LogP contribution in [0.15, 0.2) is 225 Å². The minimum absolute atomic E-state index is 0.0734. The zero-order chi connectivity index (χ0) is 58.3. The topological polar surface area (TPSA) is 36.9 Å². The predicted octanol–water partition coefficient (Wildman–Crippen LogP) is 20.0. The third-order valence-corrected chi connectivity index (χ3v) is 18.8. The summed E-state index contributed by atoms with van der Waals surface area (Å²) in [6.45, 7) is 20.9. The fourth-order valence-corrected chi connectivity index (χ4v) is 14.7. The van der Waals surface area contributed by atoms with E-state index >= 15 is 0 Å². The van der Waals surface area contributed by atoms with Gasteiger partial charge in [-0.05, 0) is 50.6 Å². The van der Waals surface area contributed by atoms with Gasteiger partial charge in [0.1, 0.15) is 0 Å². The molecule has 0 bridgehead atoms. The zero-order valence-corrected chi connectivity index (χ0v) is 51.6. The molecule has 85 heavy (non-hydrogen) atoms. The molecule has 0 saturated heterocycles. The number of fused-ring (bicyclic) bond motifs is 14. The monoisotopic (exact) mass is 1280 g/mol. The van der Waals surface area contributed by atoms with Gasteiger partial charge in [-0.1, -0.05) is 78.9 Å². The Balaban J connectivity index is 0.898. The van der Waals surface area contributed by atoms with Gasteiger partial charge in [0.2, 0.25) is 0 Å². The molecule has 15 rings (SSSR count). The fraction of sp³-hybridized carbons (Fsp3) is 0.165. The van der Waals surface area contributed by atoms with E-state index in [9.17, 15) is 0 Å². The Labute approximate surface area is 508 Å². The summed E-state index contributed by atoms with van der Waals surface area (Å²) in [5, 5.41) is 2.20. The average molecular weight is 1280 g/mol. The van der Waals surface area contributed by atoms with Crippen LogP contribution in [0, 0.1) is 15.9 Å². The number of rotatable bonds is 7. The fourth-order valence-electron chi connectivity index (χ4n) is 13.6. The summed E-state index contributed by atoms with van der Waals surface area (Å²) in [6.07, 6.45) is 1.87. The molecular formula is C79H64N4OPt-2. The molecule has 0 amide bonds. The second-order valence-electron chi connectivity index (χ2n) is 26.1. The van der Waals surface area contributed by atoms with E-state index in [-0.39, 0.29) is 16.2 Å². The summed E-state index contributed by atoms with van der Waals surface area (Å²) < 4.78 is 15.0. The van der Waals surface area contributed by atoms with Crippen molar-refractivity contribution < 1.29 is 24.1 Å². The summed E-state index contributed by atoms with van der Waals surface area (Å²) in [5.41, 5.74) is 24.2. The quantitative estimate of drug-likeness (QED) is 0.149. The molecule has 3 aromatic heterocycles. The van der Waals surface area contributed by atoms with Crippen LogP contribution >= 0.6 is 0 Å². The second-order valence-corrected chi connectivity index (χ2v) is 27.2. The molecule has 0 N–H and O–H groups in total. The summed E-state index contributed by atoms with van der Waals surface area (Å²) in [6, 6.07) is 87.8. The van der Waals surface area contributed by atoms with Gasteiger partial charge >= 0.3 is 371 Å². The second kappa shape index (κ2) is 19.3. The number of benzene rings is 10. The maximum absolute atomic E-state index is 6.97. The Kier molecular flexibility index (Phi) is 12.0. The van der Waals surface area contributed by atoms with Gasteiger partial charge in [0, 0.05) is 6.20 Å². The molecule has 2 aliphatic rings. The first-order valence-electron chi connectivity index (χ1n) is 29.5. The molecule has 0 fully saturated rings. The Bertz CT molecular complexity index is 4860. The van der Waals surface area contributed by atoms with E-state index in [1.165, 1.54) is 77.9 Å². The van der Waals surface area contributed by atoms with E-state index in [0.717, 1.165) is 59.4 Å². The zero-order valence-electron chi connectivity index (χ0n) is 49.4. The van der Waals surface area contributed by atoms with Crippen LogP contribution in [0.1, 0.15) is 101 Å². The van der Waals surface area contributed by atoms with Gasteiger partial charge in [0.25, 0.3) is 0 Å². The van der Waals surface area contributed by atoms with E-state index in [4.69, 9.17) is 9.72 Å². The van der Waals surface area contributed by atoms with Gasteiger partial charge in [-0.3, -0.25) is 0 Å². The molecule has 6 heteroatoms. The molecular weight excluding hydrogens is 1220 g/mol. The van der Waals surface area contributed by atoms with E-state index < -0.39 is 5.41 Å². The van der Waals surface area contributed by atoms with Gasteiger partial charge in [-0.25, -0.2) is 0 Å². The van der Waals surface area contributed by atoms with Gasteiger partial charge in [0.15, 0.2) is 0 Å². The molecule has 10 aromatic carbocycles. The van der Waals surface area contributed by atoms with Crippen molar-refractivity contribution in [2.75, 3.05) is 0 Å². The Morgan fingerprint density at radius 3 is 1.55 bits per heavy atom. The van der Waals surface area contributed by atoms with Crippen molar-refractivity contribution in [3.63, 3.8) is 0 Å². The first-order chi connectivity index (χ1) is 41.0. The van der Waals surface area contributed by atoms with Gasteiger partial charge in [-0.15, -0.1) is 0 Å². The van der Waals surface area contributed by atoms with Crippen molar-refractivity contribution in [1.29, 1.82) is 0 Å². The Morgan fingerprint density at radius 2 is 0.941 bits per heavy atom. The molecule has 0 atom stereocenters. The van der Waals surface area contributed by atoms with Crippen LogP contribution in [-0.2, 0) is 41.0 Å². The van der Waals surface area contributed by atoms with Crippen LogP contribution in [0.2, 0.25) is 0 Å². The Hall–Kier alpha value is -8.89. The summed E-state index contributed by atoms with van der Waals surface area (Å²) in [5.74, 6) is 1.98. The number of ether oxygens (including phenoxy) is 1.